The Morgan fingerprint density at radius 3 is 2.62 bits per heavy atom. The molecule has 0 saturated carbocycles. The van der Waals surface area contributed by atoms with E-state index in [-0.39, 0.29) is 28.7 Å². The van der Waals surface area contributed by atoms with Crippen LogP contribution in [0.1, 0.15) is 32.3 Å². The summed E-state index contributed by atoms with van der Waals surface area (Å²) in [5.41, 5.74) is 1.14. The van der Waals surface area contributed by atoms with Gasteiger partial charge < -0.3 is 20.1 Å². The SMILES string of the molecule is CCOc1ccccc1CNC(=NC)NCC1(SCC)CCOCC1.I. The van der Waals surface area contributed by atoms with Crippen LogP contribution in [0.5, 0.6) is 5.75 Å². The second-order valence-electron chi connectivity index (χ2n) is 6.05. The average Bonchev–Trinajstić information content (AvgIpc) is 2.64. The van der Waals surface area contributed by atoms with Crippen LogP contribution in [0.25, 0.3) is 0 Å². The first-order valence-electron chi connectivity index (χ1n) is 9.10. The summed E-state index contributed by atoms with van der Waals surface area (Å²) >= 11 is 2.03. The fourth-order valence-electron chi connectivity index (χ4n) is 3.01. The highest BCUT2D eigenvalue weighted by molar-refractivity contribution is 14.0. The Bertz CT molecular complexity index is 546. The van der Waals surface area contributed by atoms with Gasteiger partial charge in [0.2, 0.25) is 0 Å². The summed E-state index contributed by atoms with van der Waals surface area (Å²) in [7, 11) is 1.81. The van der Waals surface area contributed by atoms with Gasteiger partial charge in [-0.15, -0.1) is 24.0 Å². The predicted molar refractivity (Wildman–Crippen MR) is 122 cm³/mol. The molecular formula is C19H32IN3O2S. The molecule has 1 aliphatic heterocycles. The first-order valence-corrected chi connectivity index (χ1v) is 10.1. The summed E-state index contributed by atoms with van der Waals surface area (Å²) in [4.78, 5) is 4.37. The molecule has 0 atom stereocenters. The molecule has 148 valence electrons. The van der Waals surface area contributed by atoms with Crippen molar-refractivity contribution < 1.29 is 9.47 Å². The molecule has 1 aromatic carbocycles. The van der Waals surface area contributed by atoms with Gasteiger partial charge in [-0.05, 0) is 31.6 Å². The number of rotatable bonds is 8. The van der Waals surface area contributed by atoms with E-state index in [0.717, 1.165) is 55.6 Å². The van der Waals surface area contributed by atoms with Gasteiger partial charge in [0.15, 0.2) is 5.96 Å². The maximum absolute atomic E-state index is 5.69. The van der Waals surface area contributed by atoms with Crippen LogP contribution in [0.2, 0.25) is 0 Å². The van der Waals surface area contributed by atoms with Crippen molar-refractivity contribution in [3.8, 4) is 5.75 Å². The van der Waals surface area contributed by atoms with Crippen LogP contribution in [0.3, 0.4) is 0 Å². The lowest BCUT2D eigenvalue weighted by Crippen LogP contribution is -2.48. The number of benzene rings is 1. The van der Waals surface area contributed by atoms with Crippen molar-refractivity contribution in [3.63, 3.8) is 0 Å². The Kier molecular flexibility index (Phi) is 11.4. The van der Waals surface area contributed by atoms with Crippen LogP contribution in [0.4, 0.5) is 0 Å². The van der Waals surface area contributed by atoms with Crippen LogP contribution in [0, 0.1) is 0 Å². The van der Waals surface area contributed by atoms with Gasteiger partial charge in [-0.3, -0.25) is 4.99 Å². The van der Waals surface area contributed by atoms with E-state index in [9.17, 15) is 0 Å². The Morgan fingerprint density at radius 2 is 1.96 bits per heavy atom. The standard InChI is InChI=1S/C19H31N3O2S.HI/c1-4-24-17-9-7-6-8-16(17)14-21-18(20-3)22-15-19(25-5-2)10-12-23-13-11-19;/h6-9H,4-5,10-15H2,1-3H3,(H2,20,21,22);1H. The van der Waals surface area contributed by atoms with Gasteiger partial charge in [0.1, 0.15) is 5.75 Å². The Morgan fingerprint density at radius 1 is 1.23 bits per heavy atom. The van der Waals surface area contributed by atoms with Gasteiger partial charge in [0, 0.05) is 43.7 Å². The highest BCUT2D eigenvalue weighted by atomic mass is 127. The number of hydrogen-bond donors (Lipinski definition) is 2. The third-order valence-electron chi connectivity index (χ3n) is 4.37. The fourth-order valence-corrected chi connectivity index (χ4v) is 4.25. The van der Waals surface area contributed by atoms with Gasteiger partial charge in [-0.2, -0.15) is 11.8 Å². The number of hydrogen-bond acceptors (Lipinski definition) is 4. The molecule has 1 fully saturated rings. The van der Waals surface area contributed by atoms with Crippen molar-refractivity contribution in [1.82, 2.24) is 10.6 Å². The third-order valence-corrected chi connectivity index (χ3v) is 5.83. The molecule has 1 heterocycles. The minimum absolute atomic E-state index is 0. The highest BCUT2D eigenvalue weighted by Crippen LogP contribution is 2.34. The molecule has 26 heavy (non-hydrogen) atoms. The van der Waals surface area contributed by atoms with E-state index in [4.69, 9.17) is 9.47 Å². The van der Waals surface area contributed by atoms with Crippen molar-refractivity contribution in [3.05, 3.63) is 29.8 Å². The van der Waals surface area contributed by atoms with Gasteiger partial charge in [0.05, 0.1) is 6.61 Å². The van der Waals surface area contributed by atoms with E-state index in [0.29, 0.717) is 13.2 Å². The first-order chi connectivity index (χ1) is 12.2. The minimum Gasteiger partial charge on any atom is -0.494 e. The molecule has 5 nitrogen and oxygen atoms in total. The average molecular weight is 493 g/mol. The molecule has 0 spiro atoms. The van der Waals surface area contributed by atoms with E-state index in [2.05, 4.69) is 28.6 Å². The number of nitrogens with one attached hydrogen (secondary N) is 2. The molecule has 1 aromatic rings. The lowest BCUT2D eigenvalue weighted by molar-refractivity contribution is 0.0782. The van der Waals surface area contributed by atoms with Crippen LogP contribution < -0.4 is 15.4 Å². The van der Waals surface area contributed by atoms with Gasteiger partial charge >= 0.3 is 0 Å². The number of para-hydroxylation sites is 1. The van der Waals surface area contributed by atoms with Crippen LogP contribution in [-0.4, -0.2) is 49.9 Å². The molecule has 2 N–H and O–H groups in total. The fraction of sp³-hybridized carbons (Fsp3) is 0.632. The maximum Gasteiger partial charge on any atom is 0.191 e. The number of ether oxygens (including phenoxy) is 2. The van der Waals surface area contributed by atoms with E-state index in [1.54, 1.807) is 0 Å². The molecular weight excluding hydrogens is 461 g/mol. The van der Waals surface area contributed by atoms with Crippen LogP contribution >= 0.6 is 35.7 Å². The number of thioether (sulfide) groups is 1. The van der Waals surface area contributed by atoms with Crippen LogP contribution in [-0.2, 0) is 11.3 Å². The molecule has 0 radical (unpaired) electrons. The van der Waals surface area contributed by atoms with Gasteiger partial charge in [0.25, 0.3) is 0 Å². The lowest BCUT2D eigenvalue weighted by Gasteiger charge is -2.37. The summed E-state index contributed by atoms with van der Waals surface area (Å²) < 4.78 is 11.5. The molecule has 2 rings (SSSR count). The zero-order valence-electron chi connectivity index (χ0n) is 16.0. The summed E-state index contributed by atoms with van der Waals surface area (Å²) in [6.45, 7) is 8.19. The highest BCUT2D eigenvalue weighted by Gasteiger charge is 2.32. The lowest BCUT2D eigenvalue weighted by atomic mass is 9.99. The Labute approximate surface area is 179 Å². The smallest absolute Gasteiger partial charge is 0.191 e. The minimum atomic E-state index is 0. The van der Waals surface area contributed by atoms with Crippen molar-refractivity contribution in [1.29, 1.82) is 0 Å². The van der Waals surface area contributed by atoms with Gasteiger partial charge in [-0.1, -0.05) is 25.1 Å². The quantitative estimate of drug-likeness (QED) is 0.329. The molecule has 1 aliphatic rings. The summed E-state index contributed by atoms with van der Waals surface area (Å²) in [6, 6.07) is 8.12. The molecule has 0 amide bonds. The zero-order chi connectivity index (χ0) is 18.0. The second-order valence-corrected chi connectivity index (χ2v) is 7.78. The maximum atomic E-state index is 5.69. The topological polar surface area (TPSA) is 54.9 Å². The first kappa shape index (κ1) is 23.4. The van der Waals surface area contributed by atoms with Crippen LogP contribution in [0.15, 0.2) is 29.3 Å². The van der Waals surface area contributed by atoms with Crippen molar-refractivity contribution >= 4 is 41.7 Å². The molecule has 0 aliphatic carbocycles. The van der Waals surface area contributed by atoms with Crippen molar-refractivity contribution in [2.45, 2.75) is 38.0 Å². The number of halogens is 1. The van der Waals surface area contributed by atoms with E-state index >= 15 is 0 Å². The summed E-state index contributed by atoms with van der Waals surface area (Å²) in [6.07, 6.45) is 2.17. The molecule has 7 heteroatoms. The largest absolute Gasteiger partial charge is 0.494 e. The van der Waals surface area contributed by atoms with E-state index in [1.165, 1.54) is 0 Å². The number of nitrogens with zero attached hydrogens (tertiary/aromatic N) is 1. The normalized spacial score (nSPS) is 16.5. The van der Waals surface area contributed by atoms with Crippen molar-refractivity contribution in [2.75, 3.05) is 39.2 Å². The molecule has 0 bridgehead atoms. The van der Waals surface area contributed by atoms with E-state index in [1.807, 2.05) is 43.9 Å². The number of guanidine groups is 1. The summed E-state index contributed by atoms with van der Waals surface area (Å²) in [5.74, 6) is 2.87. The Balaban J connectivity index is 0.00000338. The third kappa shape index (κ3) is 7.15. The molecule has 0 unspecified atom stereocenters. The monoisotopic (exact) mass is 493 g/mol. The Hall–Kier alpha value is -0.670. The summed E-state index contributed by atoms with van der Waals surface area (Å²) in [5, 5.41) is 6.91. The zero-order valence-corrected chi connectivity index (χ0v) is 19.2. The van der Waals surface area contributed by atoms with E-state index < -0.39 is 0 Å². The van der Waals surface area contributed by atoms with Gasteiger partial charge in [-0.25, -0.2) is 0 Å². The molecule has 1 saturated heterocycles. The second kappa shape index (κ2) is 12.7. The number of aliphatic imine (C=N–C) groups is 1. The predicted octanol–water partition coefficient (Wildman–Crippen LogP) is 3.67. The van der Waals surface area contributed by atoms with Crippen molar-refractivity contribution in [2.24, 2.45) is 4.99 Å². The molecule has 0 aromatic heterocycles.